The van der Waals surface area contributed by atoms with Crippen LogP contribution in [0.15, 0.2) is 24.4 Å². The molecule has 0 amide bonds. The lowest BCUT2D eigenvalue weighted by molar-refractivity contribution is 0.373. The first kappa shape index (κ1) is 13.1. The molecule has 19 heavy (non-hydrogen) atoms. The van der Waals surface area contributed by atoms with Crippen LogP contribution in [0.5, 0.6) is 17.4 Å². The molecule has 0 spiro atoms. The molecule has 0 saturated heterocycles. The van der Waals surface area contributed by atoms with E-state index in [-0.39, 0.29) is 5.75 Å². The molecule has 102 valence electrons. The molecule has 2 rings (SSSR count). The Balaban J connectivity index is 2.09. The molecule has 1 aromatic carbocycles. The van der Waals surface area contributed by atoms with Crippen molar-refractivity contribution in [1.29, 1.82) is 0 Å². The van der Waals surface area contributed by atoms with E-state index >= 15 is 0 Å². The van der Waals surface area contributed by atoms with Gasteiger partial charge in [0.25, 0.3) is 5.88 Å². The van der Waals surface area contributed by atoms with E-state index in [4.69, 9.17) is 9.47 Å². The van der Waals surface area contributed by atoms with E-state index in [2.05, 4.69) is 10.4 Å². The molecule has 0 atom stereocenters. The van der Waals surface area contributed by atoms with Gasteiger partial charge in [-0.1, -0.05) is 6.07 Å². The number of nitrogens with zero attached hydrogens (tertiary/aromatic N) is 2. The summed E-state index contributed by atoms with van der Waals surface area (Å²) in [5, 5.41) is 16.9. The topological polar surface area (TPSA) is 68.5 Å². The zero-order chi connectivity index (χ0) is 13.8. The minimum Gasteiger partial charge on any atom is -0.504 e. The average molecular weight is 263 g/mol. The molecule has 0 aliphatic heterocycles. The van der Waals surface area contributed by atoms with Gasteiger partial charge in [-0.2, -0.15) is 0 Å². The molecule has 1 heterocycles. The van der Waals surface area contributed by atoms with Gasteiger partial charge in [0, 0.05) is 13.6 Å². The number of hydrogen-bond acceptors (Lipinski definition) is 5. The summed E-state index contributed by atoms with van der Waals surface area (Å²) in [7, 11) is 4.94. The number of hydrogen-bond donors (Lipinski definition) is 2. The Morgan fingerprint density at radius 3 is 2.79 bits per heavy atom. The van der Waals surface area contributed by atoms with Crippen LogP contribution >= 0.6 is 0 Å². The number of benzene rings is 1. The number of aromatic nitrogens is 2. The Morgan fingerprint density at radius 1 is 1.32 bits per heavy atom. The van der Waals surface area contributed by atoms with Crippen molar-refractivity contribution >= 4 is 5.69 Å². The molecule has 0 saturated carbocycles. The third kappa shape index (κ3) is 2.90. The normalized spacial score (nSPS) is 10.3. The van der Waals surface area contributed by atoms with Gasteiger partial charge < -0.3 is 19.9 Å². The Kier molecular flexibility index (Phi) is 3.79. The van der Waals surface area contributed by atoms with Crippen LogP contribution in [0, 0.1) is 0 Å². The number of aromatic hydroxyl groups is 1. The number of methoxy groups -OCH3 is 2. The molecule has 1 aromatic heterocycles. The summed E-state index contributed by atoms with van der Waals surface area (Å²) in [4.78, 5) is 0. The van der Waals surface area contributed by atoms with Gasteiger partial charge in [0.2, 0.25) is 0 Å². The number of phenols is 1. The van der Waals surface area contributed by atoms with Gasteiger partial charge >= 0.3 is 0 Å². The highest BCUT2D eigenvalue weighted by Crippen LogP contribution is 2.27. The second-order valence-corrected chi connectivity index (χ2v) is 4.09. The van der Waals surface area contributed by atoms with Crippen molar-refractivity contribution in [2.75, 3.05) is 19.5 Å². The predicted octanol–water partition coefficient (Wildman–Crippen LogP) is 1.75. The van der Waals surface area contributed by atoms with Crippen molar-refractivity contribution in [3.05, 3.63) is 30.0 Å². The van der Waals surface area contributed by atoms with Gasteiger partial charge in [0.1, 0.15) is 5.69 Å². The Labute approximate surface area is 111 Å². The third-order valence-corrected chi connectivity index (χ3v) is 2.72. The highest BCUT2D eigenvalue weighted by Gasteiger charge is 2.08. The lowest BCUT2D eigenvalue weighted by Gasteiger charge is -2.08. The largest absolute Gasteiger partial charge is 0.504 e. The molecule has 0 fully saturated rings. The Morgan fingerprint density at radius 2 is 2.11 bits per heavy atom. The molecule has 6 heteroatoms. The molecule has 0 radical (unpaired) electrons. The average Bonchev–Trinajstić information content (AvgIpc) is 2.78. The van der Waals surface area contributed by atoms with Crippen molar-refractivity contribution in [3.8, 4) is 17.4 Å². The van der Waals surface area contributed by atoms with Crippen molar-refractivity contribution in [2.24, 2.45) is 7.05 Å². The van der Waals surface area contributed by atoms with Crippen molar-refractivity contribution < 1.29 is 14.6 Å². The summed E-state index contributed by atoms with van der Waals surface area (Å²) in [6, 6.07) is 5.22. The first-order chi connectivity index (χ1) is 9.13. The molecule has 6 nitrogen and oxygen atoms in total. The highest BCUT2D eigenvalue weighted by atomic mass is 16.5. The standard InChI is InChI=1S/C13H17N3O3/c1-16-8-10(13(15-16)19-3)14-7-9-4-5-11(17)12(6-9)18-2/h4-6,8,14,17H,7H2,1-3H3. The Bertz CT molecular complexity index is 566. The zero-order valence-electron chi connectivity index (χ0n) is 11.2. The molecule has 0 unspecified atom stereocenters. The molecule has 0 bridgehead atoms. The first-order valence-electron chi connectivity index (χ1n) is 5.81. The maximum Gasteiger partial charge on any atom is 0.256 e. The fourth-order valence-electron chi connectivity index (χ4n) is 1.77. The molecular formula is C13H17N3O3. The van der Waals surface area contributed by atoms with Crippen LogP contribution in [0.3, 0.4) is 0 Å². The summed E-state index contributed by atoms with van der Waals surface area (Å²) in [6.07, 6.45) is 1.84. The number of ether oxygens (including phenoxy) is 2. The smallest absolute Gasteiger partial charge is 0.256 e. The van der Waals surface area contributed by atoms with E-state index in [0.717, 1.165) is 11.3 Å². The monoisotopic (exact) mass is 263 g/mol. The summed E-state index contributed by atoms with van der Waals surface area (Å²) < 4.78 is 11.9. The van der Waals surface area contributed by atoms with E-state index in [1.54, 1.807) is 23.9 Å². The summed E-state index contributed by atoms with van der Waals surface area (Å²) in [5.74, 6) is 1.14. The third-order valence-electron chi connectivity index (χ3n) is 2.72. The van der Waals surface area contributed by atoms with Crippen molar-refractivity contribution in [2.45, 2.75) is 6.54 Å². The Hall–Kier alpha value is -2.37. The predicted molar refractivity (Wildman–Crippen MR) is 71.7 cm³/mol. The summed E-state index contributed by atoms with van der Waals surface area (Å²) >= 11 is 0. The van der Waals surface area contributed by atoms with Crippen LogP contribution in [0.2, 0.25) is 0 Å². The van der Waals surface area contributed by atoms with Crippen LogP contribution in [-0.2, 0) is 13.6 Å². The minimum atomic E-state index is 0.130. The van der Waals surface area contributed by atoms with Crippen LogP contribution in [0.4, 0.5) is 5.69 Å². The van der Waals surface area contributed by atoms with Crippen molar-refractivity contribution in [3.63, 3.8) is 0 Å². The van der Waals surface area contributed by atoms with E-state index in [1.807, 2.05) is 19.3 Å². The maximum atomic E-state index is 9.53. The highest BCUT2D eigenvalue weighted by molar-refractivity contribution is 5.52. The second kappa shape index (κ2) is 5.51. The van der Waals surface area contributed by atoms with Crippen LogP contribution in [-0.4, -0.2) is 29.1 Å². The van der Waals surface area contributed by atoms with E-state index in [1.165, 1.54) is 7.11 Å². The fourth-order valence-corrected chi connectivity index (χ4v) is 1.77. The number of aryl methyl sites for hydroxylation is 1. The number of anilines is 1. The van der Waals surface area contributed by atoms with Crippen molar-refractivity contribution in [1.82, 2.24) is 9.78 Å². The van der Waals surface area contributed by atoms with Crippen LogP contribution in [0.1, 0.15) is 5.56 Å². The van der Waals surface area contributed by atoms with Gasteiger partial charge in [-0.25, -0.2) is 0 Å². The van der Waals surface area contributed by atoms with E-state index in [0.29, 0.717) is 18.2 Å². The van der Waals surface area contributed by atoms with Crippen LogP contribution < -0.4 is 14.8 Å². The van der Waals surface area contributed by atoms with Gasteiger partial charge in [0.05, 0.1) is 20.4 Å². The first-order valence-corrected chi connectivity index (χ1v) is 5.81. The quantitative estimate of drug-likeness (QED) is 0.860. The minimum absolute atomic E-state index is 0.130. The van der Waals surface area contributed by atoms with Gasteiger partial charge in [-0.15, -0.1) is 5.10 Å². The van der Waals surface area contributed by atoms with E-state index in [9.17, 15) is 5.11 Å². The summed E-state index contributed by atoms with van der Waals surface area (Å²) in [5.41, 5.74) is 1.80. The van der Waals surface area contributed by atoms with Gasteiger partial charge in [-0.3, -0.25) is 4.68 Å². The number of nitrogens with one attached hydrogen (secondary N) is 1. The molecular weight excluding hydrogens is 246 g/mol. The molecule has 0 aliphatic carbocycles. The van der Waals surface area contributed by atoms with E-state index < -0.39 is 0 Å². The van der Waals surface area contributed by atoms with Gasteiger partial charge in [0.15, 0.2) is 11.5 Å². The lowest BCUT2D eigenvalue weighted by atomic mass is 10.2. The number of rotatable bonds is 5. The lowest BCUT2D eigenvalue weighted by Crippen LogP contribution is -2.00. The fraction of sp³-hybridized carbons (Fsp3) is 0.308. The zero-order valence-corrected chi connectivity index (χ0v) is 11.2. The molecule has 2 N–H and O–H groups in total. The maximum absolute atomic E-state index is 9.53. The molecule has 2 aromatic rings. The SMILES string of the molecule is COc1cc(CNc2cn(C)nc2OC)ccc1O. The van der Waals surface area contributed by atoms with Gasteiger partial charge in [-0.05, 0) is 17.7 Å². The number of phenolic OH excluding ortho intramolecular Hbond substituents is 1. The molecule has 0 aliphatic rings. The second-order valence-electron chi connectivity index (χ2n) is 4.09. The summed E-state index contributed by atoms with van der Waals surface area (Å²) in [6.45, 7) is 0.582. The van der Waals surface area contributed by atoms with Crippen LogP contribution in [0.25, 0.3) is 0 Å².